The highest BCUT2D eigenvalue weighted by Gasteiger charge is 2.04. The lowest BCUT2D eigenvalue weighted by atomic mass is 10.5. The lowest BCUT2D eigenvalue weighted by Gasteiger charge is -1.90. The third-order valence-corrected chi connectivity index (χ3v) is 0.394. The number of rotatable bonds is 1. The lowest BCUT2D eigenvalue weighted by molar-refractivity contribution is -0.153. The molecule has 5 nitrogen and oxygen atoms in total. The molecule has 0 rings (SSSR count). The van der Waals surface area contributed by atoms with Crippen molar-refractivity contribution in [2.75, 3.05) is 21.1 Å². The Balaban J connectivity index is 0. The third kappa shape index (κ3) is 17.6. The van der Waals surface area contributed by atoms with Crippen molar-refractivity contribution in [1.29, 1.82) is 0 Å². The predicted octanol–water partition coefficient (Wildman–Crippen LogP) is -0.830. The Morgan fingerprint density at radius 3 is 1.55 bits per heavy atom. The summed E-state index contributed by atoms with van der Waals surface area (Å²) < 4.78 is 0. The Morgan fingerprint density at radius 1 is 1.27 bits per heavy atom. The average Bonchev–Trinajstić information content (AvgIpc) is 1.85. The largest absolute Gasteiger partial charge is 0.392 e. The SMILES string of the molecule is CC(=O)C(=O)ON.CN(C)C. The van der Waals surface area contributed by atoms with E-state index in [2.05, 4.69) is 10.7 Å². The minimum Gasteiger partial charge on any atom is -0.367 e. The van der Waals surface area contributed by atoms with Crippen LogP contribution >= 0.6 is 0 Å². The van der Waals surface area contributed by atoms with Crippen molar-refractivity contribution in [1.82, 2.24) is 4.90 Å². The van der Waals surface area contributed by atoms with Gasteiger partial charge >= 0.3 is 5.97 Å². The second-order valence-corrected chi connectivity index (χ2v) is 2.30. The maximum atomic E-state index is 9.82. The number of hydrogen-bond acceptors (Lipinski definition) is 5. The molecular formula is C6H14N2O3. The Hall–Kier alpha value is -0.940. The van der Waals surface area contributed by atoms with Crippen LogP contribution in [0.15, 0.2) is 0 Å². The average molecular weight is 162 g/mol. The highest BCUT2D eigenvalue weighted by Crippen LogP contribution is 1.69. The summed E-state index contributed by atoms with van der Waals surface area (Å²) in [5.74, 6) is 2.60. The molecule has 2 N–H and O–H groups in total. The molecule has 0 saturated heterocycles. The topological polar surface area (TPSA) is 72.6 Å². The van der Waals surface area contributed by atoms with E-state index < -0.39 is 11.8 Å². The first-order valence-electron chi connectivity index (χ1n) is 2.94. The zero-order valence-corrected chi connectivity index (χ0v) is 7.25. The molecule has 0 aliphatic carbocycles. The molecule has 0 radical (unpaired) electrons. The summed E-state index contributed by atoms with van der Waals surface area (Å²) in [7, 11) is 6.00. The van der Waals surface area contributed by atoms with Gasteiger partial charge in [0.25, 0.3) is 0 Å². The zero-order chi connectivity index (χ0) is 9.44. The van der Waals surface area contributed by atoms with E-state index in [-0.39, 0.29) is 0 Å². The minimum atomic E-state index is -1.01. The number of ketones is 1. The minimum absolute atomic E-state index is 0.692. The molecular weight excluding hydrogens is 148 g/mol. The highest BCUT2D eigenvalue weighted by molar-refractivity contribution is 6.32. The quantitative estimate of drug-likeness (QED) is 0.402. The molecule has 0 amide bonds. The third-order valence-electron chi connectivity index (χ3n) is 0.394. The van der Waals surface area contributed by atoms with E-state index in [1.165, 1.54) is 0 Å². The molecule has 0 unspecified atom stereocenters. The van der Waals surface area contributed by atoms with E-state index in [4.69, 9.17) is 0 Å². The van der Waals surface area contributed by atoms with Crippen molar-refractivity contribution in [2.45, 2.75) is 6.92 Å². The number of carbonyl (C=O) groups is 2. The van der Waals surface area contributed by atoms with E-state index in [0.29, 0.717) is 0 Å². The predicted molar refractivity (Wildman–Crippen MR) is 40.6 cm³/mol. The molecule has 11 heavy (non-hydrogen) atoms. The second kappa shape index (κ2) is 7.17. The Labute approximate surface area is 66.1 Å². The number of nitrogens with two attached hydrogens (primary N) is 1. The summed E-state index contributed by atoms with van der Waals surface area (Å²) in [6.45, 7) is 1.08. The molecule has 0 bridgehead atoms. The van der Waals surface area contributed by atoms with Gasteiger partial charge in [-0.15, -0.1) is 0 Å². The first kappa shape index (κ1) is 12.7. The second-order valence-electron chi connectivity index (χ2n) is 2.30. The van der Waals surface area contributed by atoms with Crippen molar-refractivity contribution in [3.05, 3.63) is 0 Å². The van der Waals surface area contributed by atoms with Gasteiger partial charge in [0.1, 0.15) is 0 Å². The molecule has 0 aliphatic heterocycles. The van der Waals surface area contributed by atoms with Crippen LogP contribution < -0.4 is 5.90 Å². The molecule has 0 saturated carbocycles. The van der Waals surface area contributed by atoms with Gasteiger partial charge < -0.3 is 9.74 Å². The first-order chi connectivity index (χ1) is 4.91. The molecule has 66 valence electrons. The van der Waals surface area contributed by atoms with Crippen LogP contribution in [0.1, 0.15) is 6.92 Å². The van der Waals surface area contributed by atoms with Crippen LogP contribution in [-0.4, -0.2) is 37.8 Å². The monoisotopic (exact) mass is 162 g/mol. The molecule has 0 aromatic carbocycles. The van der Waals surface area contributed by atoms with Crippen molar-refractivity contribution in [3.63, 3.8) is 0 Å². The van der Waals surface area contributed by atoms with Gasteiger partial charge in [-0.3, -0.25) is 4.79 Å². The Kier molecular flexibility index (Phi) is 8.29. The molecule has 0 aromatic rings. The zero-order valence-electron chi connectivity index (χ0n) is 7.25. The van der Waals surface area contributed by atoms with Crippen LogP contribution in [-0.2, 0) is 14.4 Å². The summed E-state index contributed by atoms with van der Waals surface area (Å²) in [5.41, 5.74) is 0. The molecule has 0 heterocycles. The van der Waals surface area contributed by atoms with Gasteiger partial charge in [-0.25, -0.2) is 4.79 Å². The summed E-state index contributed by atoms with van der Waals surface area (Å²) in [5, 5.41) is 0. The number of hydrogen-bond donors (Lipinski definition) is 1. The van der Waals surface area contributed by atoms with Crippen LogP contribution in [0.3, 0.4) is 0 Å². The van der Waals surface area contributed by atoms with Gasteiger partial charge in [0.05, 0.1) is 0 Å². The molecule has 0 atom stereocenters. The number of Topliss-reactive ketones (excluding diaryl/α,β-unsaturated/α-hetero) is 1. The fraction of sp³-hybridized carbons (Fsp3) is 0.667. The first-order valence-corrected chi connectivity index (χ1v) is 2.94. The fourth-order valence-corrected chi connectivity index (χ4v) is 0.0830. The highest BCUT2D eigenvalue weighted by atomic mass is 16.7. The normalized spacial score (nSPS) is 8.18. The number of nitrogens with zero attached hydrogens (tertiary/aromatic N) is 1. The number of carbonyl (C=O) groups excluding carboxylic acids is 2. The molecule has 0 aromatic heterocycles. The van der Waals surface area contributed by atoms with Crippen LogP contribution in [0.25, 0.3) is 0 Å². The van der Waals surface area contributed by atoms with Gasteiger partial charge in [-0.1, -0.05) is 0 Å². The maximum absolute atomic E-state index is 9.82. The standard InChI is InChI=1S/C3H5NO3.C3H9N/c1-2(5)3(6)7-4;1-4(2)3/h4H2,1H3;1-3H3. The molecule has 0 fully saturated rings. The molecule has 5 heteroatoms. The van der Waals surface area contributed by atoms with E-state index in [9.17, 15) is 9.59 Å². The summed E-state index contributed by atoms with van der Waals surface area (Å²) >= 11 is 0. The smallest absolute Gasteiger partial charge is 0.367 e. The van der Waals surface area contributed by atoms with E-state index in [1.54, 1.807) is 0 Å². The summed E-state index contributed by atoms with van der Waals surface area (Å²) in [6.07, 6.45) is 0. The van der Waals surface area contributed by atoms with Crippen molar-refractivity contribution in [2.24, 2.45) is 5.90 Å². The summed E-state index contributed by atoms with van der Waals surface area (Å²) in [6, 6.07) is 0. The molecule has 0 aliphatic rings. The van der Waals surface area contributed by atoms with E-state index in [1.807, 2.05) is 26.0 Å². The van der Waals surface area contributed by atoms with Crippen molar-refractivity contribution < 1.29 is 14.4 Å². The van der Waals surface area contributed by atoms with Crippen molar-refractivity contribution in [3.8, 4) is 0 Å². The van der Waals surface area contributed by atoms with Gasteiger partial charge in [-0.05, 0) is 21.1 Å². The van der Waals surface area contributed by atoms with Gasteiger partial charge in [0.2, 0.25) is 5.78 Å². The van der Waals surface area contributed by atoms with Crippen LogP contribution in [0, 0.1) is 0 Å². The van der Waals surface area contributed by atoms with Crippen LogP contribution in [0.5, 0.6) is 0 Å². The molecule has 0 spiro atoms. The van der Waals surface area contributed by atoms with Gasteiger partial charge in [-0.2, -0.15) is 5.90 Å². The lowest BCUT2D eigenvalue weighted by Crippen LogP contribution is -2.17. The van der Waals surface area contributed by atoms with Crippen molar-refractivity contribution >= 4 is 11.8 Å². The van der Waals surface area contributed by atoms with Crippen LogP contribution in [0.2, 0.25) is 0 Å². The van der Waals surface area contributed by atoms with Crippen LogP contribution in [0.4, 0.5) is 0 Å². The Morgan fingerprint density at radius 2 is 1.55 bits per heavy atom. The fourth-order valence-electron chi connectivity index (χ4n) is 0.0830. The Bertz CT molecular complexity index is 131. The summed E-state index contributed by atoms with van der Waals surface area (Å²) in [4.78, 5) is 25.2. The van der Waals surface area contributed by atoms with E-state index in [0.717, 1.165) is 6.92 Å². The van der Waals surface area contributed by atoms with Gasteiger partial charge in [0, 0.05) is 6.92 Å². The maximum Gasteiger partial charge on any atom is 0.392 e. The van der Waals surface area contributed by atoms with E-state index >= 15 is 0 Å². The van der Waals surface area contributed by atoms with Gasteiger partial charge in [0.15, 0.2) is 0 Å².